The van der Waals surface area contributed by atoms with Gasteiger partial charge in [-0.2, -0.15) is 4.98 Å². The molecule has 2 aromatic heterocycles. The van der Waals surface area contributed by atoms with Crippen molar-refractivity contribution in [3.8, 4) is 0 Å². The fourth-order valence-corrected chi connectivity index (χ4v) is 3.22. The summed E-state index contributed by atoms with van der Waals surface area (Å²) in [5.74, 6) is 1.71. The predicted octanol–water partition coefficient (Wildman–Crippen LogP) is 4.68. The number of thiophene rings is 1. The van der Waals surface area contributed by atoms with Crippen LogP contribution in [-0.2, 0) is 6.42 Å². The highest BCUT2D eigenvalue weighted by Crippen LogP contribution is 2.31. The highest BCUT2D eigenvalue weighted by molar-refractivity contribution is 7.18. The normalized spacial score (nSPS) is 11.3. The first-order valence-electron chi connectivity index (χ1n) is 8.02. The molecule has 21 heavy (non-hydrogen) atoms. The highest BCUT2D eigenvalue weighted by Gasteiger charge is 2.13. The van der Waals surface area contributed by atoms with Crippen LogP contribution in [0.4, 0.5) is 11.8 Å². The third-order valence-electron chi connectivity index (χ3n) is 3.65. The summed E-state index contributed by atoms with van der Waals surface area (Å²) in [5, 5.41) is 8.06. The molecule has 5 heteroatoms. The first kappa shape index (κ1) is 16.0. The van der Waals surface area contributed by atoms with E-state index in [0.29, 0.717) is 6.04 Å². The lowest BCUT2D eigenvalue weighted by Crippen LogP contribution is -2.18. The molecule has 0 spiro atoms. The molecular weight excluding hydrogens is 280 g/mol. The highest BCUT2D eigenvalue weighted by atomic mass is 32.1. The number of nitrogens with one attached hydrogen (secondary N) is 2. The lowest BCUT2D eigenvalue weighted by molar-refractivity contribution is 0.669. The molecule has 0 radical (unpaired) electrons. The Morgan fingerprint density at radius 2 is 1.90 bits per heavy atom. The van der Waals surface area contributed by atoms with Crippen molar-refractivity contribution >= 4 is 33.3 Å². The van der Waals surface area contributed by atoms with Gasteiger partial charge < -0.3 is 10.6 Å². The minimum Gasteiger partial charge on any atom is -0.367 e. The van der Waals surface area contributed by atoms with Gasteiger partial charge in [-0.05, 0) is 31.7 Å². The van der Waals surface area contributed by atoms with Crippen LogP contribution in [-0.4, -0.2) is 22.6 Å². The second-order valence-corrected chi connectivity index (χ2v) is 6.38. The molecule has 2 rings (SSSR count). The fourth-order valence-electron chi connectivity index (χ4n) is 2.26. The molecule has 0 aliphatic rings. The van der Waals surface area contributed by atoms with Crippen molar-refractivity contribution in [2.75, 3.05) is 17.2 Å². The summed E-state index contributed by atoms with van der Waals surface area (Å²) in [7, 11) is 0. The third-order valence-corrected chi connectivity index (χ3v) is 4.83. The lowest BCUT2D eigenvalue weighted by atomic mass is 10.1. The van der Waals surface area contributed by atoms with E-state index >= 15 is 0 Å². The van der Waals surface area contributed by atoms with Gasteiger partial charge in [0, 0.05) is 17.5 Å². The molecule has 2 aromatic rings. The van der Waals surface area contributed by atoms with E-state index < -0.39 is 0 Å². The summed E-state index contributed by atoms with van der Waals surface area (Å²) in [6, 6.07) is 2.70. The van der Waals surface area contributed by atoms with Crippen LogP contribution in [0.5, 0.6) is 0 Å². The molecule has 0 amide bonds. The van der Waals surface area contributed by atoms with Crippen molar-refractivity contribution in [2.24, 2.45) is 0 Å². The summed E-state index contributed by atoms with van der Waals surface area (Å²) in [5.41, 5.74) is 0. The Labute approximate surface area is 131 Å². The molecule has 0 unspecified atom stereocenters. The Hall–Kier alpha value is -1.36. The number of anilines is 2. The van der Waals surface area contributed by atoms with Gasteiger partial charge in [-0.15, -0.1) is 11.3 Å². The second kappa shape index (κ2) is 7.59. The number of fused-ring (bicyclic) bond motifs is 1. The average Bonchev–Trinajstić information content (AvgIpc) is 2.93. The molecule has 0 bridgehead atoms. The molecule has 0 atom stereocenters. The van der Waals surface area contributed by atoms with Gasteiger partial charge in [-0.3, -0.25) is 0 Å². The van der Waals surface area contributed by atoms with E-state index in [1.807, 2.05) is 0 Å². The van der Waals surface area contributed by atoms with Crippen molar-refractivity contribution in [2.45, 2.75) is 59.4 Å². The second-order valence-electron chi connectivity index (χ2n) is 5.27. The first-order chi connectivity index (χ1) is 10.2. The van der Waals surface area contributed by atoms with E-state index in [2.05, 4.69) is 49.4 Å². The number of aryl methyl sites for hydroxylation is 1. The van der Waals surface area contributed by atoms with E-state index in [-0.39, 0.29) is 0 Å². The zero-order valence-corrected chi connectivity index (χ0v) is 14.3. The third kappa shape index (κ3) is 3.84. The Morgan fingerprint density at radius 3 is 2.52 bits per heavy atom. The molecule has 0 aliphatic carbocycles. The fraction of sp³-hybridized carbons (Fsp3) is 0.625. The summed E-state index contributed by atoms with van der Waals surface area (Å²) in [6.07, 6.45) is 4.32. The SMILES string of the molecule is CCCNc1nc(NC(CC)CC)c2cc(CC)sc2n1. The number of rotatable bonds is 8. The zero-order chi connectivity index (χ0) is 15.2. The number of aromatic nitrogens is 2. The van der Waals surface area contributed by atoms with Crippen LogP contribution < -0.4 is 10.6 Å². The number of hydrogen-bond donors (Lipinski definition) is 2. The van der Waals surface area contributed by atoms with Gasteiger partial charge in [-0.25, -0.2) is 4.98 Å². The first-order valence-corrected chi connectivity index (χ1v) is 8.84. The molecule has 4 nitrogen and oxygen atoms in total. The van der Waals surface area contributed by atoms with E-state index in [1.54, 1.807) is 11.3 Å². The van der Waals surface area contributed by atoms with Crippen molar-refractivity contribution in [3.63, 3.8) is 0 Å². The van der Waals surface area contributed by atoms with Crippen molar-refractivity contribution in [1.82, 2.24) is 9.97 Å². The molecule has 2 N–H and O–H groups in total. The van der Waals surface area contributed by atoms with Crippen molar-refractivity contribution in [3.05, 3.63) is 10.9 Å². The zero-order valence-electron chi connectivity index (χ0n) is 13.5. The monoisotopic (exact) mass is 306 g/mol. The molecule has 0 aromatic carbocycles. The van der Waals surface area contributed by atoms with E-state index in [0.717, 1.165) is 54.2 Å². The van der Waals surface area contributed by atoms with E-state index in [9.17, 15) is 0 Å². The van der Waals surface area contributed by atoms with Crippen LogP contribution in [0.2, 0.25) is 0 Å². The maximum Gasteiger partial charge on any atom is 0.226 e. The molecule has 0 fully saturated rings. The Kier molecular flexibility index (Phi) is 5.79. The smallest absolute Gasteiger partial charge is 0.226 e. The van der Waals surface area contributed by atoms with Gasteiger partial charge in [0.25, 0.3) is 0 Å². The maximum absolute atomic E-state index is 4.70. The Balaban J connectivity index is 2.40. The largest absolute Gasteiger partial charge is 0.367 e. The summed E-state index contributed by atoms with van der Waals surface area (Å²) in [4.78, 5) is 11.8. The molecular formula is C16H26N4S. The van der Waals surface area contributed by atoms with Crippen LogP contribution in [0, 0.1) is 0 Å². The molecule has 0 saturated heterocycles. The van der Waals surface area contributed by atoms with Crippen LogP contribution in [0.15, 0.2) is 6.07 Å². The van der Waals surface area contributed by atoms with Crippen LogP contribution >= 0.6 is 11.3 Å². The minimum absolute atomic E-state index is 0.465. The van der Waals surface area contributed by atoms with Crippen molar-refractivity contribution < 1.29 is 0 Å². The van der Waals surface area contributed by atoms with Crippen LogP contribution in [0.25, 0.3) is 10.2 Å². The van der Waals surface area contributed by atoms with Gasteiger partial charge in [-0.1, -0.05) is 27.7 Å². The average molecular weight is 306 g/mol. The summed E-state index contributed by atoms with van der Waals surface area (Å²) < 4.78 is 0. The summed E-state index contributed by atoms with van der Waals surface area (Å²) >= 11 is 1.77. The number of nitrogens with zero attached hydrogens (tertiary/aromatic N) is 2. The lowest BCUT2D eigenvalue weighted by Gasteiger charge is -2.16. The maximum atomic E-state index is 4.70. The molecule has 0 saturated carbocycles. The van der Waals surface area contributed by atoms with E-state index in [1.165, 1.54) is 4.88 Å². The predicted molar refractivity (Wildman–Crippen MR) is 93.6 cm³/mol. The molecule has 2 heterocycles. The quantitative estimate of drug-likeness (QED) is 0.743. The van der Waals surface area contributed by atoms with Gasteiger partial charge >= 0.3 is 0 Å². The Bertz CT molecular complexity index is 575. The Morgan fingerprint density at radius 1 is 1.14 bits per heavy atom. The van der Waals surface area contributed by atoms with Crippen LogP contribution in [0.3, 0.4) is 0 Å². The standard InChI is InChI=1S/C16H26N4S/c1-5-9-17-16-19-14(18-11(6-2)7-3)13-10-12(8-4)21-15(13)20-16/h10-11H,5-9H2,1-4H3,(H2,17,18,19,20). The van der Waals surface area contributed by atoms with Gasteiger partial charge in [0.05, 0.1) is 5.39 Å². The van der Waals surface area contributed by atoms with Crippen LogP contribution in [0.1, 0.15) is 51.8 Å². The summed E-state index contributed by atoms with van der Waals surface area (Å²) in [6.45, 7) is 9.65. The minimum atomic E-state index is 0.465. The van der Waals surface area contributed by atoms with E-state index in [4.69, 9.17) is 4.98 Å². The van der Waals surface area contributed by atoms with Crippen molar-refractivity contribution in [1.29, 1.82) is 0 Å². The van der Waals surface area contributed by atoms with Gasteiger partial charge in [0.15, 0.2) is 0 Å². The molecule has 0 aliphatic heterocycles. The molecule has 116 valence electrons. The van der Waals surface area contributed by atoms with Gasteiger partial charge in [0.2, 0.25) is 5.95 Å². The van der Waals surface area contributed by atoms with Gasteiger partial charge in [0.1, 0.15) is 10.6 Å². The topological polar surface area (TPSA) is 49.8 Å². The number of hydrogen-bond acceptors (Lipinski definition) is 5.